The lowest BCUT2D eigenvalue weighted by Crippen LogP contribution is -2.44. The van der Waals surface area contributed by atoms with Crippen LogP contribution >= 0.6 is 0 Å². The van der Waals surface area contributed by atoms with Gasteiger partial charge in [0.1, 0.15) is 5.76 Å². The third-order valence-corrected chi connectivity index (χ3v) is 3.99. The molecule has 21 heavy (non-hydrogen) atoms. The Hall–Kier alpha value is -1.84. The van der Waals surface area contributed by atoms with E-state index < -0.39 is 0 Å². The van der Waals surface area contributed by atoms with E-state index in [1.165, 1.54) is 11.1 Å². The number of furan rings is 1. The van der Waals surface area contributed by atoms with Gasteiger partial charge in [-0.05, 0) is 36.4 Å². The number of rotatable bonds is 4. The van der Waals surface area contributed by atoms with Crippen molar-refractivity contribution in [1.29, 1.82) is 0 Å². The minimum absolute atomic E-state index is 0.919. The lowest BCUT2D eigenvalue weighted by molar-refractivity contribution is 0.168. The maximum absolute atomic E-state index is 5.49. The Morgan fingerprint density at radius 3 is 2.48 bits per heavy atom. The molecule has 3 nitrogen and oxygen atoms in total. The average molecular weight is 282 g/mol. The van der Waals surface area contributed by atoms with Gasteiger partial charge in [-0.25, -0.2) is 0 Å². The van der Waals surface area contributed by atoms with Crippen LogP contribution in [-0.4, -0.2) is 49.6 Å². The van der Waals surface area contributed by atoms with Gasteiger partial charge >= 0.3 is 0 Å². The van der Waals surface area contributed by atoms with Crippen molar-refractivity contribution in [2.45, 2.75) is 0 Å². The lowest BCUT2D eigenvalue weighted by atomic mass is 10.0. The summed E-state index contributed by atoms with van der Waals surface area (Å²) < 4.78 is 5.49. The molecule has 110 valence electrons. The van der Waals surface area contributed by atoms with Crippen LogP contribution in [0.4, 0.5) is 0 Å². The first-order valence-corrected chi connectivity index (χ1v) is 7.52. The predicted molar refractivity (Wildman–Crippen MR) is 87.0 cm³/mol. The number of hydrogen-bond donors (Lipinski definition) is 0. The summed E-state index contributed by atoms with van der Waals surface area (Å²) in [5, 5.41) is 0. The molecule has 0 N–H and O–H groups in total. The molecule has 0 unspecified atom stereocenters. The molecule has 2 aromatic rings. The molecule has 1 aliphatic rings. The van der Waals surface area contributed by atoms with Crippen molar-refractivity contribution in [3.05, 3.63) is 60.1 Å². The van der Waals surface area contributed by atoms with E-state index in [0.717, 1.165) is 38.5 Å². The Morgan fingerprint density at radius 1 is 1.05 bits per heavy atom. The summed E-state index contributed by atoms with van der Waals surface area (Å²) in [5.74, 6) is 0.919. The summed E-state index contributed by atoms with van der Waals surface area (Å²) >= 11 is 0. The number of benzene rings is 1. The van der Waals surface area contributed by atoms with Crippen molar-refractivity contribution in [1.82, 2.24) is 9.80 Å². The molecule has 0 saturated carbocycles. The zero-order valence-electron chi connectivity index (χ0n) is 12.5. The van der Waals surface area contributed by atoms with E-state index in [1.807, 2.05) is 12.1 Å². The van der Waals surface area contributed by atoms with Crippen molar-refractivity contribution in [3.63, 3.8) is 0 Å². The summed E-state index contributed by atoms with van der Waals surface area (Å²) in [6.07, 6.45) is 3.89. The molecule has 1 aromatic heterocycles. The normalized spacial score (nSPS) is 18.0. The van der Waals surface area contributed by atoms with E-state index in [0.29, 0.717) is 0 Å². The zero-order chi connectivity index (χ0) is 14.5. The van der Waals surface area contributed by atoms with Gasteiger partial charge in [0.25, 0.3) is 0 Å². The van der Waals surface area contributed by atoms with E-state index in [9.17, 15) is 0 Å². The van der Waals surface area contributed by atoms with Crippen molar-refractivity contribution in [3.8, 4) is 0 Å². The summed E-state index contributed by atoms with van der Waals surface area (Å²) in [6, 6.07) is 14.5. The highest BCUT2D eigenvalue weighted by Gasteiger charge is 2.15. The van der Waals surface area contributed by atoms with Crippen LogP contribution in [0.1, 0.15) is 11.3 Å². The first-order chi connectivity index (χ1) is 10.3. The molecule has 0 radical (unpaired) electrons. The van der Waals surface area contributed by atoms with Crippen LogP contribution in [0.3, 0.4) is 0 Å². The van der Waals surface area contributed by atoms with E-state index in [2.05, 4.69) is 53.3 Å². The third-order valence-electron chi connectivity index (χ3n) is 3.99. The van der Waals surface area contributed by atoms with Crippen LogP contribution in [-0.2, 0) is 0 Å². The molecule has 0 bridgehead atoms. The predicted octanol–water partition coefficient (Wildman–Crippen LogP) is 3.07. The van der Waals surface area contributed by atoms with Crippen molar-refractivity contribution >= 4 is 11.6 Å². The average Bonchev–Trinajstić information content (AvgIpc) is 3.03. The number of likely N-dealkylation sites (N-methyl/N-ethyl adjacent to an activating group) is 1. The van der Waals surface area contributed by atoms with E-state index >= 15 is 0 Å². The van der Waals surface area contributed by atoms with Gasteiger partial charge in [0.2, 0.25) is 0 Å². The summed E-state index contributed by atoms with van der Waals surface area (Å²) in [7, 11) is 2.19. The first-order valence-electron chi connectivity index (χ1n) is 7.52. The molecular weight excluding hydrogens is 260 g/mol. The van der Waals surface area contributed by atoms with Crippen LogP contribution in [0.5, 0.6) is 0 Å². The summed E-state index contributed by atoms with van der Waals surface area (Å²) in [5.41, 5.74) is 2.59. The second kappa shape index (κ2) is 6.74. The molecule has 0 amide bonds. The largest absolute Gasteiger partial charge is 0.465 e. The smallest absolute Gasteiger partial charge is 0.126 e. The van der Waals surface area contributed by atoms with Crippen LogP contribution in [0.2, 0.25) is 0 Å². The Morgan fingerprint density at radius 2 is 1.81 bits per heavy atom. The molecule has 0 atom stereocenters. The van der Waals surface area contributed by atoms with E-state index in [1.54, 1.807) is 6.26 Å². The van der Waals surface area contributed by atoms with Crippen LogP contribution in [0.25, 0.3) is 11.6 Å². The lowest BCUT2D eigenvalue weighted by Gasteiger charge is -2.33. The minimum atomic E-state index is 0.919. The zero-order valence-corrected chi connectivity index (χ0v) is 12.5. The molecule has 1 aromatic carbocycles. The van der Waals surface area contributed by atoms with Crippen LogP contribution < -0.4 is 0 Å². The maximum atomic E-state index is 5.49. The fourth-order valence-corrected chi connectivity index (χ4v) is 2.66. The number of nitrogens with zero attached hydrogens (tertiary/aromatic N) is 2. The molecule has 3 rings (SSSR count). The minimum Gasteiger partial charge on any atom is -0.465 e. The number of piperazine rings is 1. The fraction of sp³-hybridized carbons (Fsp3) is 0.333. The standard InChI is InChI=1S/C18H22N2O/c1-19-9-11-20(12-10-19)15-17(14-18-8-5-13-21-18)16-6-3-2-4-7-16/h2-8,13-14H,9-12,15H2,1H3/b17-14-. The van der Waals surface area contributed by atoms with Gasteiger partial charge in [-0.1, -0.05) is 30.3 Å². The Bertz CT molecular complexity index is 567. The third kappa shape index (κ3) is 3.84. The molecule has 1 saturated heterocycles. The quantitative estimate of drug-likeness (QED) is 0.859. The molecule has 1 fully saturated rings. The Labute approximate surface area is 126 Å². The van der Waals surface area contributed by atoms with Gasteiger partial charge in [-0.15, -0.1) is 0 Å². The van der Waals surface area contributed by atoms with E-state index in [-0.39, 0.29) is 0 Å². The highest BCUT2D eigenvalue weighted by Crippen LogP contribution is 2.20. The Balaban J connectivity index is 1.80. The molecular formula is C18H22N2O. The number of hydrogen-bond acceptors (Lipinski definition) is 3. The molecule has 0 spiro atoms. The highest BCUT2D eigenvalue weighted by molar-refractivity contribution is 5.81. The Kier molecular flexibility index (Phi) is 4.53. The van der Waals surface area contributed by atoms with Gasteiger partial charge in [-0.2, -0.15) is 0 Å². The van der Waals surface area contributed by atoms with Gasteiger partial charge in [-0.3, -0.25) is 4.90 Å². The van der Waals surface area contributed by atoms with Gasteiger partial charge in [0.15, 0.2) is 0 Å². The van der Waals surface area contributed by atoms with Gasteiger partial charge in [0, 0.05) is 32.7 Å². The monoisotopic (exact) mass is 282 g/mol. The topological polar surface area (TPSA) is 19.6 Å². The molecule has 2 heterocycles. The SMILES string of the molecule is CN1CCN(C/C(=C/c2ccco2)c2ccccc2)CC1. The first kappa shape index (κ1) is 14.1. The summed E-state index contributed by atoms with van der Waals surface area (Å²) in [6.45, 7) is 5.50. The van der Waals surface area contributed by atoms with Crippen LogP contribution in [0.15, 0.2) is 53.1 Å². The second-order valence-corrected chi connectivity index (χ2v) is 5.63. The van der Waals surface area contributed by atoms with Crippen molar-refractivity contribution in [2.75, 3.05) is 39.8 Å². The molecule has 3 heteroatoms. The van der Waals surface area contributed by atoms with Crippen molar-refractivity contribution in [2.24, 2.45) is 0 Å². The summed E-state index contributed by atoms with van der Waals surface area (Å²) in [4.78, 5) is 4.90. The van der Waals surface area contributed by atoms with Gasteiger partial charge < -0.3 is 9.32 Å². The second-order valence-electron chi connectivity index (χ2n) is 5.63. The molecule has 1 aliphatic heterocycles. The fourth-order valence-electron chi connectivity index (χ4n) is 2.66. The van der Waals surface area contributed by atoms with E-state index in [4.69, 9.17) is 4.42 Å². The highest BCUT2D eigenvalue weighted by atomic mass is 16.3. The van der Waals surface area contributed by atoms with Gasteiger partial charge in [0.05, 0.1) is 6.26 Å². The molecule has 0 aliphatic carbocycles. The van der Waals surface area contributed by atoms with Crippen molar-refractivity contribution < 1.29 is 4.42 Å². The van der Waals surface area contributed by atoms with Crippen LogP contribution in [0, 0.1) is 0 Å². The maximum Gasteiger partial charge on any atom is 0.126 e.